The van der Waals surface area contributed by atoms with Crippen molar-refractivity contribution in [1.29, 1.82) is 0 Å². The largest absolute Gasteiger partial charge is 0.381 e. The van der Waals surface area contributed by atoms with E-state index in [-0.39, 0.29) is 6.73 Å². The van der Waals surface area contributed by atoms with Gasteiger partial charge >= 0.3 is 0 Å². The molecule has 1 fully saturated rings. The van der Waals surface area contributed by atoms with Crippen LogP contribution in [0.15, 0.2) is 0 Å². The van der Waals surface area contributed by atoms with Gasteiger partial charge in [0, 0.05) is 0 Å². The summed E-state index contributed by atoms with van der Waals surface area (Å²) in [5, 5.41) is 20.5. The van der Waals surface area contributed by atoms with Crippen molar-refractivity contribution >= 4 is 0 Å². The summed E-state index contributed by atoms with van der Waals surface area (Å²) in [6, 6.07) is 0. The fourth-order valence-corrected chi connectivity index (χ4v) is 1.28. The third kappa shape index (κ3) is 1.64. The highest BCUT2D eigenvalue weighted by Gasteiger charge is 2.29. The van der Waals surface area contributed by atoms with Crippen LogP contribution in [0.1, 0.15) is 25.7 Å². The van der Waals surface area contributed by atoms with Gasteiger partial charge in [0.2, 0.25) is 0 Å². The first-order chi connectivity index (χ1) is 4.27. The van der Waals surface area contributed by atoms with Crippen LogP contribution in [0.25, 0.3) is 0 Å². The summed E-state index contributed by atoms with van der Waals surface area (Å²) >= 11 is 0. The zero-order valence-electron chi connectivity index (χ0n) is 5.43. The number of rotatable bonds is 2. The average molecular weight is 131 g/mol. The predicted octanol–water partition coefficient (Wildman–Crippen LogP) is -0.212. The molecule has 0 unspecified atom stereocenters. The van der Waals surface area contributed by atoms with Gasteiger partial charge in [-0.05, 0) is 25.7 Å². The lowest BCUT2D eigenvalue weighted by Gasteiger charge is -2.21. The molecule has 1 rings (SSSR count). The Morgan fingerprint density at radius 1 is 1.33 bits per heavy atom. The smallest absolute Gasteiger partial charge is 0.117 e. The summed E-state index contributed by atoms with van der Waals surface area (Å²) in [7, 11) is 0. The molecule has 0 heterocycles. The summed E-state index contributed by atoms with van der Waals surface area (Å²) in [4.78, 5) is 0. The number of nitrogens with one attached hydrogen (secondary N) is 1. The Bertz CT molecular complexity index is 89.1. The van der Waals surface area contributed by atoms with Crippen LogP contribution in [0, 0.1) is 0 Å². The molecule has 1 aliphatic carbocycles. The van der Waals surface area contributed by atoms with Crippen molar-refractivity contribution in [2.45, 2.75) is 31.4 Å². The first-order valence-corrected chi connectivity index (χ1v) is 3.35. The molecule has 54 valence electrons. The van der Waals surface area contributed by atoms with Gasteiger partial charge in [-0.15, -0.1) is 0 Å². The molecule has 1 saturated carbocycles. The maximum atomic E-state index is 9.42. The monoisotopic (exact) mass is 131 g/mol. The van der Waals surface area contributed by atoms with Crippen LogP contribution in [0.4, 0.5) is 0 Å². The minimum atomic E-state index is -0.755. The maximum Gasteiger partial charge on any atom is 0.117 e. The number of hydrogen-bond acceptors (Lipinski definition) is 3. The van der Waals surface area contributed by atoms with Gasteiger partial charge in [0.05, 0.1) is 6.73 Å². The Morgan fingerprint density at radius 3 is 2.33 bits per heavy atom. The van der Waals surface area contributed by atoms with Crippen molar-refractivity contribution in [3.63, 3.8) is 0 Å². The van der Waals surface area contributed by atoms with E-state index in [9.17, 15) is 5.11 Å². The Morgan fingerprint density at radius 2 is 1.89 bits per heavy atom. The van der Waals surface area contributed by atoms with Gasteiger partial charge in [-0.1, -0.05) is 0 Å². The molecule has 0 amide bonds. The van der Waals surface area contributed by atoms with Crippen molar-refractivity contribution in [1.82, 2.24) is 5.32 Å². The van der Waals surface area contributed by atoms with E-state index in [1.165, 1.54) is 0 Å². The molecule has 0 spiro atoms. The zero-order chi connectivity index (χ0) is 6.74. The van der Waals surface area contributed by atoms with Crippen LogP contribution >= 0.6 is 0 Å². The lowest BCUT2D eigenvalue weighted by molar-refractivity contribution is -0.00956. The first kappa shape index (κ1) is 6.99. The van der Waals surface area contributed by atoms with Gasteiger partial charge in [0.15, 0.2) is 0 Å². The van der Waals surface area contributed by atoms with Crippen LogP contribution in [0.2, 0.25) is 0 Å². The van der Waals surface area contributed by atoms with Crippen LogP contribution in [-0.2, 0) is 0 Å². The molecule has 1 aliphatic rings. The van der Waals surface area contributed by atoms with E-state index in [1.807, 2.05) is 0 Å². The van der Waals surface area contributed by atoms with Gasteiger partial charge in [0.25, 0.3) is 0 Å². The Balaban J connectivity index is 2.32. The van der Waals surface area contributed by atoms with E-state index in [2.05, 4.69) is 5.32 Å². The molecule has 0 radical (unpaired) electrons. The van der Waals surface area contributed by atoms with Gasteiger partial charge in [-0.3, -0.25) is 5.32 Å². The normalized spacial score (nSPS) is 24.7. The van der Waals surface area contributed by atoms with E-state index >= 15 is 0 Å². The standard InChI is InChI=1S/C6H13NO2/c8-5-7-6(9)3-1-2-4-6/h7-9H,1-5H2. The minimum absolute atomic E-state index is 0.128. The molecule has 0 bridgehead atoms. The van der Waals surface area contributed by atoms with Crippen molar-refractivity contribution in [3.05, 3.63) is 0 Å². The van der Waals surface area contributed by atoms with Crippen LogP contribution in [-0.4, -0.2) is 22.7 Å². The van der Waals surface area contributed by atoms with Crippen molar-refractivity contribution in [2.75, 3.05) is 6.73 Å². The molecule has 0 aromatic carbocycles. The summed E-state index contributed by atoms with van der Waals surface area (Å²) in [6.45, 7) is -0.128. The second-order valence-electron chi connectivity index (χ2n) is 2.57. The van der Waals surface area contributed by atoms with Crippen molar-refractivity contribution in [2.24, 2.45) is 0 Å². The van der Waals surface area contributed by atoms with Crippen LogP contribution in [0.5, 0.6) is 0 Å². The molecule has 3 nitrogen and oxygen atoms in total. The maximum absolute atomic E-state index is 9.42. The Hall–Kier alpha value is -0.120. The summed E-state index contributed by atoms with van der Waals surface area (Å²) in [5.41, 5.74) is -0.755. The van der Waals surface area contributed by atoms with Crippen molar-refractivity contribution in [3.8, 4) is 0 Å². The fourth-order valence-electron chi connectivity index (χ4n) is 1.28. The molecule has 0 saturated heterocycles. The van der Waals surface area contributed by atoms with Gasteiger partial charge in [-0.2, -0.15) is 0 Å². The van der Waals surface area contributed by atoms with Crippen molar-refractivity contribution < 1.29 is 10.2 Å². The lowest BCUT2D eigenvalue weighted by atomic mass is 10.2. The summed E-state index contributed by atoms with van der Waals surface area (Å²) in [5.74, 6) is 0. The summed E-state index contributed by atoms with van der Waals surface area (Å²) in [6.07, 6.45) is 3.66. The molecule has 9 heavy (non-hydrogen) atoms. The zero-order valence-corrected chi connectivity index (χ0v) is 5.43. The molecular formula is C6H13NO2. The highest BCUT2D eigenvalue weighted by atomic mass is 16.3. The second kappa shape index (κ2) is 2.64. The minimum Gasteiger partial charge on any atom is -0.381 e. The summed E-state index contributed by atoms with van der Waals surface area (Å²) < 4.78 is 0. The van der Waals surface area contributed by atoms with E-state index in [0.717, 1.165) is 25.7 Å². The molecule has 0 aromatic rings. The van der Waals surface area contributed by atoms with Gasteiger partial charge in [0.1, 0.15) is 5.72 Å². The molecule has 0 aromatic heterocycles. The highest BCUT2D eigenvalue weighted by Crippen LogP contribution is 2.26. The quantitative estimate of drug-likeness (QED) is 0.454. The molecule has 3 heteroatoms. The Kier molecular flexibility index (Phi) is 2.05. The molecule has 3 N–H and O–H groups in total. The van der Waals surface area contributed by atoms with E-state index < -0.39 is 5.72 Å². The third-order valence-corrected chi connectivity index (χ3v) is 1.84. The average Bonchev–Trinajstić information content (AvgIpc) is 2.16. The van der Waals surface area contributed by atoms with Crippen LogP contribution < -0.4 is 5.32 Å². The second-order valence-corrected chi connectivity index (χ2v) is 2.57. The molecule has 0 aliphatic heterocycles. The van der Waals surface area contributed by atoms with Gasteiger partial charge in [-0.25, -0.2) is 0 Å². The topological polar surface area (TPSA) is 52.5 Å². The van der Waals surface area contributed by atoms with Gasteiger partial charge < -0.3 is 10.2 Å². The van der Waals surface area contributed by atoms with E-state index in [4.69, 9.17) is 5.11 Å². The van der Waals surface area contributed by atoms with E-state index in [1.54, 1.807) is 0 Å². The number of hydrogen-bond donors (Lipinski definition) is 3. The first-order valence-electron chi connectivity index (χ1n) is 3.35. The predicted molar refractivity (Wildman–Crippen MR) is 33.6 cm³/mol. The third-order valence-electron chi connectivity index (χ3n) is 1.84. The Labute approximate surface area is 54.7 Å². The molecule has 0 atom stereocenters. The fraction of sp³-hybridized carbons (Fsp3) is 1.00. The lowest BCUT2D eigenvalue weighted by Crippen LogP contribution is -2.42. The highest BCUT2D eigenvalue weighted by molar-refractivity contribution is 4.80. The SMILES string of the molecule is OCNC1(O)CCCC1. The molecular weight excluding hydrogens is 118 g/mol. The number of aliphatic hydroxyl groups is 2. The number of aliphatic hydroxyl groups excluding tert-OH is 1. The van der Waals surface area contributed by atoms with E-state index in [0.29, 0.717) is 0 Å². The van der Waals surface area contributed by atoms with Crippen LogP contribution in [0.3, 0.4) is 0 Å².